The molecular formula is C23H28F6N4O6. The largest absolute Gasteiger partial charge is 0.490 e. The molecule has 1 spiro atoms. The van der Waals surface area contributed by atoms with E-state index in [-0.39, 0.29) is 11.7 Å². The summed E-state index contributed by atoms with van der Waals surface area (Å²) in [7, 11) is 2.01. The first-order chi connectivity index (χ1) is 18.0. The summed E-state index contributed by atoms with van der Waals surface area (Å²) in [6, 6.07) is 6.18. The first-order valence-corrected chi connectivity index (χ1v) is 11.5. The Morgan fingerprint density at radius 1 is 1.10 bits per heavy atom. The third kappa shape index (κ3) is 10.4. The van der Waals surface area contributed by atoms with Crippen LogP contribution >= 0.6 is 0 Å². The Hall–Kier alpha value is -3.24. The summed E-state index contributed by atoms with van der Waals surface area (Å²) in [6.07, 6.45) is -4.29. The maximum Gasteiger partial charge on any atom is 0.490 e. The number of halogens is 6. The zero-order valence-electron chi connectivity index (χ0n) is 21.0. The van der Waals surface area contributed by atoms with Gasteiger partial charge in [-0.05, 0) is 37.1 Å². The lowest BCUT2D eigenvalue weighted by Crippen LogP contribution is -2.65. The summed E-state index contributed by atoms with van der Waals surface area (Å²) in [4.78, 5) is 24.3. The molecule has 2 aliphatic heterocycles. The fourth-order valence-corrected chi connectivity index (χ4v) is 3.96. The number of carboxylic acid groups (broad SMARTS) is 2. The number of hydrogen-bond acceptors (Lipinski definition) is 7. The molecule has 4 rings (SSSR count). The van der Waals surface area contributed by atoms with Gasteiger partial charge >= 0.3 is 24.3 Å². The van der Waals surface area contributed by atoms with Crippen LogP contribution in [0.5, 0.6) is 0 Å². The molecule has 39 heavy (non-hydrogen) atoms. The summed E-state index contributed by atoms with van der Waals surface area (Å²) in [5, 5.41) is 18.7. The summed E-state index contributed by atoms with van der Waals surface area (Å²) in [5.74, 6) is -5.51. The third-order valence-corrected chi connectivity index (χ3v) is 5.68. The third-order valence-electron chi connectivity index (χ3n) is 5.68. The number of nitrogens with zero attached hydrogens (tertiary/aromatic N) is 4. The second kappa shape index (κ2) is 13.2. The average molecular weight is 570 g/mol. The Morgan fingerprint density at radius 3 is 2.10 bits per heavy atom. The van der Waals surface area contributed by atoms with E-state index in [0.717, 1.165) is 44.8 Å². The number of hydrogen-bond donors (Lipinski definition) is 2. The predicted octanol–water partition coefficient (Wildman–Crippen LogP) is 3.34. The molecule has 2 aromatic rings. The van der Waals surface area contributed by atoms with Crippen LogP contribution in [0.25, 0.3) is 0 Å². The molecule has 218 valence electrons. The standard InChI is InChI=1S/C19H26N4O2.2C2HF3O2/c1-15-9-17(22(2)21-15)11-23-13-19(14-23)10-18(5-8-25-19)24-12-16-3-6-20-7-4-16;2*3-2(4,5)1(6)7/h3-4,6-7,9,18H,5,8,10-14H2,1-2H3;2*(H,6,7). The normalized spacial score (nSPS) is 18.7. The SMILES string of the molecule is Cc1cc(CN2CC3(CC(OCc4ccncc4)CCO3)C2)n(C)n1.O=C(O)C(F)(F)F.O=C(O)C(F)(F)F. The molecule has 2 aliphatic rings. The minimum Gasteiger partial charge on any atom is -0.475 e. The van der Waals surface area contributed by atoms with Gasteiger partial charge in [-0.2, -0.15) is 31.4 Å². The number of carboxylic acids is 2. The highest BCUT2D eigenvalue weighted by Crippen LogP contribution is 2.36. The number of ether oxygens (including phenoxy) is 2. The second-order valence-electron chi connectivity index (χ2n) is 8.96. The van der Waals surface area contributed by atoms with Gasteiger partial charge in [-0.3, -0.25) is 14.6 Å². The lowest BCUT2D eigenvalue weighted by atomic mass is 9.84. The van der Waals surface area contributed by atoms with E-state index in [1.165, 1.54) is 11.3 Å². The van der Waals surface area contributed by atoms with Crippen LogP contribution in [0, 0.1) is 6.92 Å². The van der Waals surface area contributed by atoms with Gasteiger partial charge in [0.05, 0.1) is 29.7 Å². The van der Waals surface area contributed by atoms with Crippen molar-refractivity contribution in [1.82, 2.24) is 19.7 Å². The highest BCUT2D eigenvalue weighted by molar-refractivity contribution is 5.73. The zero-order valence-corrected chi connectivity index (χ0v) is 21.0. The Kier molecular flexibility index (Phi) is 10.8. The highest BCUT2D eigenvalue weighted by atomic mass is 19.4. The number of rotatable bonds is 5. The van der Waals surface area contributed by atoms with Crippen molar-refractivity contribution in [1.29, 1.82) is 0 Å². The molecule has 2 fully saturated rings. The fraction of sp³-hybridized carbons (Fsp3) is 0.565. The van der Waals surface area contributed by atoms with Crippen LogP contribution in [0.2, 0.25) is 0 Å². The first-order valence-electron chi connectivity index (χ1n) is 11.5. The molecule has 2 N–H and O–H groups in total. The van der Waals surface area contributed by atoms with Crippen molar-refractivity contribution >= 4 is 11.9 Å². The minimum atomic E-state index is -5.08. The van der Waals surface area contributed by atoms with E-state index in [1.54, 1.807) is 0 Å². The average Bonchev–Trinajstić information content (AvgIpc) is 3.13. The lowest BCUT2D eigenvalue weighted by Gasteiger charge is -2.53. The van der Waals surface area contributed by atoms with E-state index in [9.17, 15) is 26.3 Å². The van der Waals surface area contributed by atoms with Crippen molar-refractivity contribution in [2.75, 3.05) is 19.7 Å². The topological polar surface area (TPSA) is 127 Å². The number of aromatic nitrogens is 3. The molecule has 4 heterocycles. The molecule has 1 unspecified atom stereocenters. The van der Waals surface area contributed by atoms with Gasteiger partial charge in [0.1, 0.15) is 0 Å². The predicted molar refractivity (Wildman–Crippen MR) is 121 cm³/mol. The molecule has 0 aromatic carbocycles. The molecule has 0 saturated carbocycles. The molecule has 0 bridgehead atoms. The minimum absolute atomic E-state index is 0.0191. The quantitative estimate of drug-likeness (QED) is 0.521. The molecule has 1 atom stereocenters. The fourth-order valence-electron chi connectivity index (χ4n) is 3.96. The van der Waals surface area contributed by atoms with E-state index in [1.807, 2.05) is 43.2 Å². The summed E-state index contributed by atoms with van der Waals surface area (Å²) >= 11 is 0. The van der Waals surface area contributed by atoms with Gasteiger partial charge in [-0.25, -0.2) is 9.59 Å². The van der Waals surface area contributed by atoms with Crippen LogP contribution in [-0.2, 0) is 39.3 Å². The molecule has 0 amide bonds. The summed E-state index contributed by atoms with van der Waals surface area (Å²) < 4.78 is 77.7. The van der Waals surface area contributed by atoms with E-state index in [2.05, 4.69) is 21.0 Å². The van der Waals surface area contributed by atoms with Crippen LogP contribution in [0.4, 0.5) is 26.3 Å². The van der Waals surface area contributed by atoms with Crippen LogP contribution < -0.4 is 0 Å². The van der Waals surface area contributed by atoms with Crippen LogP contribution in [0.1, 0.15) is 29.8 Å². The van der Waals surface area contributed by atoms with Gasteiger partial charge in [-0.1, -0.05) is 0 Å². The van der Waals surface area contributed by atoms with Gasteiger partial charge < -0.3 is 19.7 Å². The van der Waals surface area contributed by atoms with Gasteiger partial charge in [0.2, 0.25) is 0 Å². The molecule has 0 aliphatic carbocycles. The molecular weight excluding hydrogens is 542 g/mol. The number of likely N-dealkylation sites (tertiary alicyclic amines) is 1. The van der Waals surface area contributed by atoms with E-state index in [0.29, 0.717) is 6.61 Å². The maximum absolute atomic E-state index is 10.6. The second-order valence-corrected chi connectivity index (χ2v) is 8.96. The number of carbonyl (C=O) groups is 2. The van der Waals surface area contributed by atoms with Crippen LogP contribution in [-0.4, -0.2) is 85.6 Å². The molecule has 2 saturated heterocycles. The number of aryl methyl sites for hydroxylation is 2. The number of aliphatic carboxylic acids is 2. The van der Waals surface area contributed by atoms with Crippen molar-refractivity contribution in [2.45, 2.75) is 57.0 Å². The highest BCUT2D eigenvalue weighted by Gasteiger charge is 2.47. The van der Waals surface area contributed by atoms with Gasteiger partial charge in [0.15, 0.2) is 0 Å². The van der Waals surface area contributed by atoms with Crippen molar-refractivity contribution in [3.63, 3.8) is 0 Å². The zero-order chi connectivity index (χ0) is 29.4. The molecule has 0 radical (unpaired) electrons. The Bertz CT molecular complexity index is 1060. The Morgan fingerprint density at radius 2 is 1.64 bits per heavy atom. The van der Waals surface area contributed by atoms with E-state index in [4.69, 9.17) is 29.3 Å². The molecule has 10 nitrogen and oxygen atoms in total. The van der Waals surface area contributed by atoms with Crippen molar-refractivity contribution < 1.29 is 55.6 Å². The number of alkyl halides is 6. The van der Waals surface area contributed by atoms with Gasteiger partial charge in [-0.15, -0.1) is 0 Å². The van der Waals surface area contributed by atoms with Crippen LogP contribution in [0.15, 0.2) is 30.6 Å². The van der Waals surface area contributed by atoms with Crippen molar-refractivity contribution in [3.05, 3.63) is 47.5 Å². The summed E-state index contributed by atoms with van der Waals surface area (Å²) in [6.45, 7) is 6.38. The number of pyridine rings is 1. The van der Waals surface area contributed by atoms with Crippen molar-refractivity contribution in [2.24, 2.45) is 7.05 Å². The molecule has 2 aromatic heterocycles. The van der Waals surface area contributed by atoms with E-state index >= 15 is 0 Å². The molecule has 16 heteroatoms. The maximum atomic E-state index is 10.6. The smallest absolute Gasteiger partial charge is 0.475 e. The monoisotopic (exact) mass is 570 g/mol. The van der Waals surface area contributed by atoms with Gasteiger partial charge in [0.25, 0.3) is 0 Å². The Balaban J connectivity index is 0.000000317. The van der Waals surface area contributed by atoms with Gasteiger partial charge in [0, 0.05) is 52.1 Å². The van der Waals surface area contributed by atoms with Crippen molar-refractivity contribution in [3.8, 4) is 0 Å². The van der Waals surface area contributed by atoms with Crippen LogP contribution in [0.3, 0.4) is 0 Å². The lowest BCUT2D eigenvalue weighted by molar-refractivity contribution is -0.200. The summed E-state index contributed by atoms with van der Waals surface area (Å²) in [5.41, 5.74) is 3.49. The first kappa shape index (κ1) is 32.0. The van der Waals surface area contributed by atoms with E-state index < -0.39 is 24.3 Å². The Labute approximate surface area is 219 Å².